The number of hydrogen-bond donors (Lipinski definition) is 0. The summed E-state index contributed by atoms with van der Waals surface area (Å²) in [7, 11) is 0. The van der Waals surface area contributed by atoms with E-state index < -0.39 is 11.7 Å². The molecule has 98 valence electrons. The van der Waals surface area contributed by atoms with Gasteiger partial charge in [0.05, 0.1) is 17.6 Å². The first-order chi connectivity index (χ1) is 9.58. The molecule has 0 unspecified atom stereocenters. The molecule has 0 heterocycles. The van der Waals surface area contributed by atoms with Gasteiger partial charge in [0.2, 0.25) is 0 Å². The summed E-state index contributed by atoms with van der Waals surface area (Å²) in [6.45, 7) is 0. The minimum absolute atomic E-state index is 0.148. The Morgan fingerprint density at radius 2 is 1.80 bits per heavy atom. The smallest absolute Gasteiger partial charge is 0.141 e. The molecule has 0 saturated carbocycles. The molecule has 2 aromatic carbocycles. The van der Waals surface area contributed by atoms with E-state index in [1.165, 1.54) is 18.2 Å². The maximum Gasteiger partial charge on any atom is 0.141 e. The van der Waals surface area contributed by atoms with Gasteiger partial charge >= 0.3 is 0 Å². The first kappa shape index (κ1) is 14.3. The molecule has 0 fully saturated rings. The zero-order chi connectivity index (χ0) is 14.7. The fourth-order valence-corrected chi connectivity index (χ4v) is 2.46. The Bertz CT molecular complexity index is 745. The Hall–Kier alpha value is -2.07. The van der Waals surface area contributed by atoms with E-state index in [1.54, 1.807) is 24.3 Å². The van der Waals surface area contributed by atoms with E-state index in [0.29, 0.717) is 21.2 Å². The second kappa shape index (κ2) is 5.92. The average Bonchev–Trinajstić information content (AvgIpc) is 2.42. The van der Waals surface area contributed by atoms with Gasteiger partial charge in [-0.1, -0.05) is 41.4 Å². The molecule has 0 aliphatic rings. The third-order valence-corrected chi connectivity index (χ3v) is 3.43. The number of nitrogens with zero attached hydrogens (tertiary/aromatic N) is 2. The second-order valence-electron chi connectivity index (χ2n) is 4.04. The van der Waals surface area contributed by atoms with Crippen molar-refractivity contribution in [3.8, 4) is 12.1 Å². The minimum atomic E-state index is -0.829. The lowest BCUT2D eigenvalue weighted by molar-refractivity contribution is 0.621. The highest BCUT2D eigenvalue weighted by atomic mass is 35.5. The van der Waals surface area contributed by atoms with Crippen LogP contribution in [0.15, 0.2) is 36.4 Å². The number of benzene rings is 2. The van der Waals surface area contributed by atoms with Crippen molar-refractivity contribution in [2.75, 3.05) is 0 Å². The zero-order valence-corrected chi connectivity index (χ0v) is 11.6. The van der Waals surface area contributed by atoms with Gasteiger partial charge in [-0.25, -0.2) is 4.39 Å². The maximum absolute atomic E-state index is 13.6. The average molecular weight is 305 g/mol. The lowest BCUT2D eigenvalue weighted by Gasteiger charge is -2.13. The van der Waals surface area contributed by atoms with Crippen molar-refractivity contribution in [1.29, 1.82) is 10.5 Å². The molecule has 2 aromatic rings. The number of rotatable bonds is 2. The SMILES string of the molecule is N#Cc1c(F)cccc1[C@H](C#N)c1ccc(Cl)cc1Cl. The molecule has 0 N–H and O–H groups in total. The van der Waals surface area contributed by atoms with Crippen LogP contribution in [0.2, 0.25) is 10.0 Å². The van der Waals surface area contributed by atoms with E-state index in [9.17, 15) is 9.65 Å². The number of hydrogen-bond acceptors (Lipinski definition) is 2. The molecule has 0 aliphatic heterocycles. The number of nitriles is 2. The Labute approximate surface area is 125 Å². The fraction of sp³-hybridized carbons (Fsp3) is 0.0667. The Morgan fingerprint density at radius 3 is 2.40 bits per heavy atom. The topological polar surface area (TPSA) is 47.6 Å². The van der Waals surface area contributed by atoms with Crippen LogP contribution >= 0.6 is 23.2 Å². The zero-order valence-electron chi connectivity index (χ0n) is 10.1. The summed E-state index contributed by atoms with van der Waals surface area (Å²) >= 11 is 11.9. The van der Waals surface area contributed by atoms with Gasteiger partial charge < -0.3 is 0 Å². The predicted octanol–water partition coefficient (Wildman–Crippen LogP) is 4.66. The van der Waals surface area contributed by atoms with Crippen LogP contribution < -0.4 is 0 Å². The van der Waals surface area contributed by atoms with Gasteiger partial charge in [-0.2, -0.15) is 10.5 Å². The van der Waals surface area contributed by atoms with Crippen LogP contribution in [0.4, 0.5) is 4.39 Å². The summed E-state index contributed by atoms with van der Waals surface area (Å²) in [4.78, 5) is 0. The van der Waals surface area contributed by atoms with Gasteiger partial charge in [0.1, 0.15) is 11.9 Å². The quantitative estimate of drug-likeness (QED) is 0.810. The summed E-state index contributed by atoms with van der Waals surface area (Å²) in [5.74, 6) is -1.49. The summed E-state index contributed by atoms with van der Waals surface area (Å²) in [6.07, 6.45) is 0. The molecule has 5 heteroatoms. The lowest BCUT2D eigenvalue weighted by atomic mass is 9.89. The Kier molecular flexibility index (Phi) is 4.25. The summed E-state index contributed by atoms with van der Waals surface area (Å²) in [6, 6.07) is 12.7. The van der Waals surface area contributed by atoms with E-state index >= 15 is 0 Å². The molecule has 0 amide bonds. The van der Waals surface area contributed by atoms with E-state index in [1.807, 2.05) is 0 Å². The first-order valence-electron chi connectivity index (χ1n) is 5.61. The molecule has 1 atom stereocenters. The largest absolute Gasteiger partial charge is 0.206 e. The minimum Gasteiger partial charge on any atom is -0.206 e. The lowest BCUT2D eigenvalue weighted by Crippen LogP contribution is -2.03. The molecule has 0 saturated heterocycles. The van der Waals surface area contributed by atoms with Gasteiger partial charge in [0, 0.05) is 10.0 Å². The predicted molar refractivity (Wildman–Crippen MR) is 75.0 cm³/mol. The summed E-state index contributed by atoms with van der Waals surface area (Å²) in [5, 5.41) is 19.2. The van der Waals surface area contributed by atoms with Crippen molar-refractivity contribution in [2.24, 2.45) is 0 Å². The van der Waals surface area contributed by atoms with Gasteiger partial charge in [0.25, 0.3) is 0 Å². The molecular weight excluding hydrogens is 298 g/mol. The molecule has 0 spiro atoms. The van der Waals surface area contributed by atoms with Crippen LogP contribution in [0.3, 0.4) is 0 Å². The molecule has 2 nitrogen and oxygen atoms in total. The molecule has 2 rings (SSSR count). The van der Waals surface area contributed by atoms with E-state index in [2.05, 4.69) is 6.07 Å². The van der Waals surface area contributed by atoms with E-state index in [-0.39, 0.29) is 5.56 Å². The van der Waals surface area contributed by atoms with Crippen molar-refractivity contribution in [1.82, 2.24) is 0 Å². The summed E-state index contributed by atoms with van der Waals surface area (Å²) in [5.41, 5.74) is 0.630. The molecular formula is C15H7Cl2FN2. The first-order valence-corrected chi connectivity index (χ1v) is 6.37. The standard InChI is InChI=1S/C15H7Cl2FN2/c16-9-4-5-11(14(17)6-9)12(7-19)10-2-1-3-15(18)13(10)8-20/h1-6,12H/t12-/m0/s1. The highest BCUT2D eigenvalue weighted by Crippen LogP contribution is 2.33. The van der Waals surface area contributed by atoms with E-state index in [0.717, 1.165) is 0 Å². The molecule has 0 aromatic heterocycles. The van der Waals surface area contributed by atoms with Crippen LogP contribution in [0.5, 0.6) is 0 Å². The van der Waals surface area contributed by atoms with Gasteiger partial charge in [-0.05, 0) is 29.3 Å². The Morgan fingerprint density at radius 1 is 1.05 bits per heavy atom. The monoisotopic (exact) mass is 304 g/mol. The molecule has 20 heavy (non-hydrogen) atoms. The fourth-order valence-electron chi connectivity index (χ4n) is 1.94. The summed E-state index contributed by atoms with van der Waals surface area (Å²) < 4.78 is 13.6. The maximum atomic E-state index is 13.6. The van der Waals surface area contributed by atoms with Gasteiger partial charge in [-0.3, -0.25) is 0 Å². The molecule has 0 aliphatic carbocycles. The van der Waals surface area contributed by atoms with Crippen molar-refractivity contribution in [3.05, 3.63) is 69.0 Å². The van der Waals surface area contributed by atoms with Crippen molar-refractivity contribution < 1.29 is 4.39 Å². The van der Waals surface area contributed by atoms with Crippen LogP contribution in [-0.4, -0.2) is 0 Å². The van der Waals surface area contributed by atoms with Crippen LogP contribution in [0.1, 0.15) is 22.6 Å². The van der Waals surface area contributed by atoms with Crippen LogP contribution in [0.25, 0.3) is 0 Å². The van der Waals surface area contributed by atoms with Crippen molar-refractivity contribution in [2.45, 2.75) is 5.92 Å². The molecule has 0 bridgehead atoms. The third kappa shape index (κ3) is 2.60. The van der Waals surface area contributed by atoms with Crippen LogP contribution in [0, 0.1) is 28.5 Å². The normalized spacial score (nSPS) is 11.4. The Balaban J connectivity index is 2.63. The molecule has 0 radical (unpaired) electrons. The van der Waals surface area contributed by atoms with Crippen molar-refractivity contribution >= 4 is 23.2 Å². The highest BCUT2D eigenvalue weighted by Gasteiger charge is 2.21. The van der Waals surface area contributed by atoms with Crippen molar-refractivity contribution in [3.63, 3.8) is 0 Å². The van der Waals surface area contributed by atoms with Gasteiger partial charge in [-0.15, -0.1) is 0 Å². The second-order valence-corrected chi connectivity index (χ2v) is 4.89. The number of halogens is 3. The highest BCUT2D eigenvalue weighted by molar-refractivity contribution is 6.35. The third-order valence-electron chi connectivity index (χ3n) is 2.87. The van der Waals surface area contributed by atoms with Crippen LogP contribution in [-0.2, 0) is 0 Å². The van der Waals surface area contributed by atoms with Gasteiger partial charge in [0.15, 0.2) is 0 Å². The van der Waals surface area contributed by atoms with E-state index in [4.69, 9.17) is 28.5 Å².